The fourth-order valence-electron chi connectivity index (χ4n) is 7.19. The Labute approximate surface area is 134 Å². The summed E-state index contributed by atoms with van der Waals surface area (Å²) in [5.74, 6) is 3.10. The minimum atomic E-state index is -0.0527. The van der Waals surface area contributed by atoms with Crippen LogP contribution in [0.25, 0.3) is 0 Å². The van der Waals surface area contributed by atoms with Gasteiger partial charge >= 0.3 is 0 Å². The summed E-state index contributed by atoms with van der Waals surface area (Å²) in [5.41, 5.74) is 1.68. The van der Waals surface area contributed by atoms with Crippen molar-refractivity contribution in [2.75, 3.05) is 0 Å². The van der Waals surface area contributed by atoms with E-state index in [1.807, 2.05) is 0 Å². The molecule has 4 saturated carbocycles. The fraction of sp³-hybridized carbons (Fsp3) is 0.947. The van der Waals surface area contributed by atoms with Gasteiger partial charge in [-0.2, -0.15) is 0 Å². The highest BCUT2D eigenvalue weighted by Crippen LogP contribution is 2.65. The molecule has 0 heterocycles. The first-order chi connectivity index (χ1) is 10.5. The average Bonchev–Trinajstić information content (AvgIpc) is 2.84. The van der Waals surface area contributed by atoms with Crippen molar-refractivity contribution in [1.82, 2.24) is 0 Å². The van der Waals surface area contributed by atoms with Crippen molar-refractivity contribution in [3.8, 4) is 0 Å². The van der Waals surface area contributed by atoms with E-state index < -0.39 is 0 Å². The molecule has 0 spiro atoms. The van der Waals surface area contributed by atoms with Crippen LogP contribution in [0.4, 0.5) is 0 Å². The number of rotatable bonds is 0. The summed E-state index contributed by atoms with van der Waals surface area (Å²) in [5, 5.41) is 23.1. The molecule has 4 aliphatic carbocycles. The van der Waals surface area contributed by atoms with Crippen LogP contribution in [-0.2, 0) is 0 Å². The maximum absolute atomic E-state index is 10.1. The Morgan fingerprint density at radius 3 is 2.59 bits per heavy atom. The van der Waals surface area contributed by atoms with Gasteiger partial charge in [0.25, 0.3) is 0 Å². The highest BCUT2D eigenvalue weighted by Gasteiger charge is 2.59. The van der Waals surface area contributed by atoms with E-state index in [0.717, 1.165) is 48.6 Å². The van der Waals surface area contributed by atoms with Crippen LogP contribution >= 0.6 is 0 Å². The average molecular weight is 305 g/mol. The van der Waals surface area contributed by atoms with Crippen molar-refractivity contribution in [1.29, 1.82) is 0 Å². The van der Waals surface area contributed by atoms with Crippen molar-refractivity contribution in [2.45, 2.75) is 77.7 Å². The first-order valence-electron chi connectivity index (χ1n) is 9.38. The largest absolute Gasteiger partial charge is 0.411 e. The highest BCUT2D eigenvalue weighted by atomic mass is 16.4. The second-order valence-electron chi connectivity index (χ2n) is 9.13. The summed E-state index contributed by atoms with van der Waals surface area (Å²) in [6, 6.07) is 0. The molecule has 0 radical (unpaired) electrons. The number of hydrogen-bond donors (Lipinski definition) is 2. The summed E-state index contributed by atoms with van der Waals surface area (Å²) in [4.78, 5) is 0. The smallest absolute Gasteiger partial charge is 0.0632 e. The van der Waals surface area contributed by atoms with Gasteiger partial charge in [-0.15, -0.1) is 0 Å². The molecule has 3 heteroatoms. The van der Waals surface area contributed by atoms with Gasteiger partial charge in [0.1, 0.15) is 0 Å². The molecule has 0 amide bonds. The Morgan fingerprint density at radius 1 is 1.00 bits per heavy atom. The van der Waals surface area contributed by atoms with Gasteiger partial charge in [-0.3, -0.25) is 0 Å². The summed E-state index contributed by atoms with van der Waals surface area (Å²) in [6.07, 6.45) is 10.5. The van der Waals surface area contributed by atoms with Crippen LogP contribution < -0.4 is 0 Å². The molecule has 4 fully saturated rings. The van der Waals surface area contributed by atoms with Crippen molar-refractivity contribution in [3.63, 3.8) is 0 Å². The van der Waals surface area contributed by atoms with E-state index in [1.54, 1.807) is 0 Å². The lowest BCUT2D eigenvalue weighted by atomic mass is 9.45. The summed E-state index contributed by atoms with van der Waals surface area (Å²) in [7, 11) is 0. The summed E-state index contributed by atoms with van der Waals surface area (Å²) < 4.78 is 0. The zero-order chi connectivity index (χ0) is 15.5. The number of nitrogens with zero attached hydrogens (tertiary/aromatic N) is 1. The highest BCUT2D eigenvalue weighted by molar-refractivity contribution is 5.91. The molecule has 4 unspecified atom stereocenters. The van der Waals surface area contributed by atoms with E-state index in [-0.39, 0.29) is 11.5 Å². The second kappa shape index (κ2) is 4.96. The Kier molecular flexibility index (Phi) is 3.38. The van der Waals surface area contributed by atoms with E-state index in [9.17, 15) is 10.3 Å². The van der Waals surface area contributed by atoms with Crippen LogP contribution in [0.15, 0.2) is 5.16 Å². The van der Waals surface area contributed by atoms with Crippen LogP contribution in [-0.4, -0.2) is 22.1 Å². The first kappa shape index (κ1) is 15.0. The molecule has 0 bridgehead atoms. The molecule has 0 aromatic heterocycles. The van der Waals surface area contributed by atoms with Crippen LogP contribution in [0.5, 0.6) is 0 Å². The number of aliphatic hydroxyl groups is 1. The van der Waals surface area contributed by atoms with Crippen molar-refractivity contribution >= 4 is 5.71 Å². The predicted molar refractivity (Wildman–Crippen MR) is 87.0 cm³/mol. The third kappa shape index (κ3) is 1.87. The summed E-state index contributed by atoms with van der Waals surface area (Å²) >= 11 is 0. The Balaban J connectivity index is 1.63. The maximum Gasteiger partial charge on any atom is 0.0632 e. The molecule has 3 nitrogen and oxygen atoms in total. The molecule has 4 aliphatic rings. The molecule has 4 rings (SSSR count). The monoisotopic (exact) mass is 305 g/mol. The number of fused-ring (bicyclic) bond motifs is 5. The van der Waals surface area contributed by atoms with Crippen LogP contribution in [0.2, 0.25) is 0 Å². The molecular weight excluding hydrogens is 274 g/mol. The van der Waals surface area contributed by atoms with Gasteiger partial charge in [0, 0.05) is 5.41 Å². The number of oxime groups is 1. The van der Waals surface area contributed by atoms with Crippen molar-refractivity contribution < 1.29 is 10.3 Å². The lowest BCUT2D eigenvalue weighted by Crippen LogP contribution is -2.54. The van der Waals surface area contributed by atoms with E-state index in [2.05, 4.69) is 19.0 Å². The lowest BCUT2D eigenvalue weighted by Gasteiger charge is -2.60. The Bertz CT molecular complexity index is 490. The molecule has 2 N–H and O–H groups in total. The minimum absolute atomic E-state index is 0.0527. The molecular formula is C19H31NO2. The number of aliphatic hydroxyl groups excluding tert-OH is 1. The van der Waals surface area contributed by atoms with Gasteiger partial charge in [0.05, 0.1) is 11.8 Å². The second-order valence-corrected chi connectivity index (χ2v) is 9.13. The standard InChI is InChI=1S/C19H31NO2/c1-18-9-7-13(21)11-12(18)3-4-14-15-5-6-17(20-22)19(15,2)10-8-16(14)18/h12-16,21-22H,3-11H2,1-2H3/b20-17-/t12-,13?,14?,15?,16?,18-,19-/m0/s1. The molecule has 0 aliphatic heterocycles. The van der Waals surface area contributed by atoms with Crippen LogP contribution in [0.3, 0.4) is 0 Å². The van der Waals surface area contributed by atoms with Crippen molar-refractivity contribution in [3.05, 3.63) is 0 Å². The van der Waals surface area contributed by atoms with Gasteiger partial charge in [0.2, 0.25) is 0 Å². The van der Waals surface area contributed by atoms with Crippen LogP contribution in [0, 0.1) is 34.5 Å². The quantitative estimate of drug-likeness (QED) is 0.520. The third-order valence-electron chi connectivity index (χ3n) is 8.50. The molecule has 124 valence electrons. The van der Waals surface area contributed by atoms with E-state index in [0.29, 0.717) is 5.41 Å². The van der Waals surface area contributed by atoms with Gasteiger partial charge in [0.15, 0.2) is 0 Å². The van der Waals surface area contributed by atoms with E-state index >= 15 is 0 Å². The normalized spacial score (nSPS) is 56.3. The summed E-state index contributed by atoms with van der Waals surface area (Å²) in [6.45, 7) is 4.88. The molecule has 7 atom stereocenters. The van der Waals surface area contributed by atoms with Crippen LogP contribution in [0.1, 0.15) is 71.6 Å². The van der Waals surface area contributed by atoms with Gasteiger partial charge in [-0.25, -0.2) is 0 Å². The first-order valence-corrected chi connectivity index (χ1v) is 9.38. The van der Waals surface area contributed by atoms with Gasteiger partial charge < -0.3 is 10.3 Å². The van der Waals surface area contributed by atoms with Gasteiger partial charge in [-0.05, 0) is 86.9 Å². The topological polar surface area (TPSA) is 52.8 Å². The molecule has 0 saturated heterocycles. The zero-order valence-corrected chi connectivity index (χ0v) is 14.1. The third-order valence-corrected chi connectivity index (χ3v) is 8.50. The minimum Gasteiger partial charge on any atom is -0.411 e. The SMILES string of the molecule is C[C@]12CCC3C(CC[C@H]4CC(O)CC[C@]34C)C1CC/C2=N/O. The van der Waals surface area contributed by atoms with Crippen molar-refractivity contribution in [2.24, 2.45) is 39.7 Å². The predicted octanol–water partition coefficient (Wildman–Crippen LogP) is 4.22. The molecule has 0 aromatic rings. The lowest BCUT2D eigenvalue weighted by molar-refractivity contribution is -0.114. The number of hydrogen-bond acceptors (Lipinski definition) is 3. The molecule has 22 heavy (non-hydrogen) atoms. The maximum atomic E-state index is 10.1. The van der Waals surface area contributed by atoms with Gasteiger partial charge in [-0.1, -0.05) is 19.0 Å². The van der Waals surface area contributed by atoms with E-state index in [4.69, 9.17) is 0 Å². The Hall–Kier alpha value is -0.570. The fourth-order valence-corrected chi connectivity index (χ4v) is 7.19. The zero-order valence-electron chi connectivity index (χ0n) is 14.1. The van der Waals surface area contributed by atoms with E-state index in [1.165, 1.54) is 38.5 Å². The molecule has 0 aromatic carbocycles. The Morgan fingerprint density at radius 2 is 1.82 bits per heavy atom.